The van der Waals surface area contributed by atoms with Crippen molar-refractivity contribution in [1.82, 2.24) is 9.78 Å². The second-order valence-corrected chi connectivity index (χ2v) is 5.69. The number of hydrogen-bond acceptors (Lipinski definition) is 3. The summed E-state index contributed by atoms with van der Waals surface area (Å²) in [6, 6.07) is 10.1. The quantitative estimate of drug-likeness (QED) is 0.581. The number of hydrogen-bond donors (Lipinski definition) is 1. The van der Waals surface area contributed by atoms with Gasteiger partial charge in [0.05, 0.1) is 5.69 Å². The van der Waals surface area contributed by atoms with Gasteiger partial charge in [-0.05, 0) is 42.1 Å². The van der Waals surface area contributed by atoms with Crippen LogP contribution in [0.15, 0.2) is 46.2 Å². The lowest BCUT2D eigenvalue weighted by molar-refractivity contribution is 0.844. The number of thiocyanates is 1. The van der Waals surface area contributed by atoms with E-state index in [2.05, 4.69) is 11.2 Å². The summed E-state index contributed by atoms with van der Waals surface area (Å²) in [6.07, 6.45) is 1.58. The van der Waals surface area contributed by atoms with Crippen molar-refractivity contribution >= 4 is 22.5 Å². The van der Waals surface area contributed by atoms with Gasteiger partial charge in [0.2, 0.25) is 0 Å². The van der Waals surface area contributed by atoms with E-state index in [-0.39, 0.29) is 5.56 Å². The van der Waals surface area contributed by atoms with Crippen LogP contribution in [0.2, 0.25) is 0 Å². The predicted molar refractivity (Wildman–Crippen MR) is 84.8 cm³/mol. The average Bonchev–Trinajstić information content (AvgIpc) is 2.82. The summed E-state index contributed by atoms with van der Waals surface area (Å²) in [6.45, 7) is 4.03. The largest absolute Gasteiger partial charge is 0.297 e. The van der Waals surface area contributed by atoms with Crippen LogP contribution >= 0.6 is 11.8 Å². The molecule has 1 heterocycles. The highest BCUT2D eigenvalue weighted by molar-refractivity contribution is 8.03. The lowest BCUT2D eigenvalue weighted by Gasteiger charge is -2.13. The molecule has 0 bridgehead atoms. The number of thioether (sulfide) groups is 1. The van der Waals surface area contributed by atoms with Crippen molar-refractivity contribution in [2.45, 2.75) is 18.7 Å². The van der Waals surface area contributed by atoms with E-state index in [0.717, 1.165) is 39.3 Å². The van der Waals surface area contributed by atoms with Crippen LogP contribution in [0, 0.1) is 24.5 Å². The van der Waals surface area contributed by atoms with Crippen molar-refractivity contribution in [2.24, 2.45) is 0 Å². The summed E-state index contributed by atoms with van der Waals surface area (Å²) in [5, 5.41) is 15.8. The zero-order chi connectivity index (χ0) is 15.0. The first-order valence-corrected chi connectivity index (χ1v) is 7.31. The van der Waals surface area contributed by atoms with E-state index in [1.807, 2.05) is 43.5 Å². The Bertz CT molecular complexity index is 931. The molecule has 0 saturated heterocycles. The van der Waals surface area contributed by atoms with Gasteiger partial charge in [0.25, 0.3) is 5.56 Å². The molecule has 0 aliphatic rings. The Balaban J connectivity index is 2.37. The minimum Gasteiger partial charge on any atom is -0.297 e. The standard InChI is InChI=1S/C16H13N3OS/c1-10-7-12-5-3-4-6-13(12)15(11(10)2)19-16(20)14(8-18-19)21-9-17/h3-8,18H,1-2H3. The first kappa shape index (κ1) is 13.5. The lowest BCUT2D eigenvalue weighted by atomic mass is 10.00. The van der Waals surface area contributed by atoms with Crippen LogP contribution in [0.5, 0.6) is 0 Å². The maximum Gasteiger partial charge on any atom is 0.285 e. The van der Waals surface area contributed by atoms with Crippen molar-refractivity contribution in [1.29, 1.82) is 5.26 Å². The lowest BCUT2D eigenvalue weighted by Crippen LogP contribution is -2.17. The van der Waals surface area contributed by atoms with Gasteiger partial charge >= 0.3 is 0 Å². The molecular formula is C16H13N3OS. The normalized spacial score (nSPS) is 10.7. The number of fused-ring (bicyclic) bond motifs is 1. The average molecular weight is 295 g/mol. The summed E-state index contributed by atoms with van der Waals surface area (Å²) in [5.74, 6) is 0. The third-order valence-electron chi connectivity index (χ3n) is 3.65. The monoisotopic (exact) mass is 295 g/mol. The molecule has 0 radical (unpaired) electrons. The van der Waals surface area contributed by atoms with E-state index >= 15 is 0 Å². The molecule has 2 aromatic carbocycles. The molecule has 1 aromatic heterocycles. The highest BCUT2D eigenvalue weighted by Crippen LogP contribution is 2.28. The molecule has 0 aliphatic carbocycles. The minimum absolute atomic E-state index is 0.194. The van der Waals surface area contributed by atoms with Crippen LogP contribution in [0.3, 0.4) is 0 Å². The van der Waals surface area contributed by atoms with Crippen LogP contribution in [0.4, 0.5) is 0 Å². The van der Waals surface area contributed by atoms with Crippen LogP contribution in [0.25, 0.3) is 16.5 Å². The van der Waals surface area contributed by atoms with Gasteiger partial charge in [-0.3, -0.25) is 9.89 Å². The Kier molecular flexibility index (Phi) is 3.32. The molecule has 3 rings (SSSR count). The number of nitriles is 1. The van der Waals surface area contributed by atoms with Gasteiger partial charge in [0.1, 0.15) is 10.3 Å². The number of nitrogens with one attached hydrogen (secondary N) is 1. The Morgan fingerprint density at radius 2 is 2.05 bits per heavy atom. The maximum atomic E-state index is 12.4. The van der Waals surface area contributed by atoms with Crippen LogP contribution in [-0.4, -0.2) is 9.78 Å². The number of aromatic nitrogens is 2. The first-order chi connectivity index (χ1) is 10.1. The van der Waals surface area contributed by atoms with E-state index in [4.69, 9.17) is 5.26 Å². The van der Waals surface area contributed by atoms with E-state index in [1.54, 1.807) is 6.20 Å². The summed E-state index contributed by atoms with van der Waals surface area (Å²) in [7, 11) is 0. The fourth-order valence-corrected chi connectivity index (χ4v) is 2.89. The highest BCUT2D eigenvalue weighted by Gasteiger charge is 2.14. The molecule has 5 heteroatoms. The molecule has 4 nitrogen and oxygen atoms in total. The van der Waals surface area contributed by atoms with Gasteiger partial charge in [-0.1, -0.05) is 30.3 Å². The van der Waals surface area contributed by atoms with Crippen molar-refractivity contribution in [2.75, 3.05) is 0 Å². The fraction of sp³-hybridized carbons (Fsp3) is 0.125. The molecule has 3 aromatic rings. The van der Waals surface area contributed by atoms with Gasteiger partial charge in [-0.25, -0.2) is 4.68 Å². The number of aryl methyl sites for hydroxylation is 1. The van der Waals surface area contributed by atoms with Crippen molar-refractivity contribution < 1.29 is 0 Å². The van der Waals surface area contributed by atoms with Gasteiger partial charge in [0, 0.05) is 11.6 Å². The van der Waals surface area contributed by atoms with Crippen molar-refractivity contribution in [3.63, 3.8) is 0 Å². The summed E-state index contributed by atoms with van der Waals surface area (Å²) in [4.78, 5) is 12.8. The zero-order valence-electron chi connectivity index (χ0n) is 11.7. The van der Waals surface area contributed by atoms with Gasteiger partial charge in [0.15, 0.2) is 0 Å². The number of H-pyrrole nitrogens is 1. The summed E-state index contributed by atoms with van der Waals surface area (Å²) < 4.78 is 1.52. The molecule has 0 fully saturated rings. The molecule has 1 N–H and O–H groups in total. The fourth-order valence-electron chi connectivity index (χ4n) is 2.50. The Morgan fingerprint density at radius 1 is 1.29 bits per heavy atom. The minimum atomic E-state index is -0.194. The maximum absolute atomic E-state index is 12.4. The summed E-state index contributed by atoms with van der Waals surface area (Å²) >= 11 is 0.874. The second kappa shape index (κ2) is 5.15. The molecule has 104 valence electrons. The second-order valence-electron chi connectivity index (χ2n) is 4.86. The summed E-state index contributed by atoms with van der Waals surface area (Å²) in [5.41, 5.74) is 2.83. The van der Waals surface area contributed by atoms with Crippen LogP contribution in [-0.2, 0) is 0 Å². The third kappa shape index (κ3) is 2.14. The van der Waals surface area contributed by atoms with E-state index < -0.39 is 0 Å². The topological polar surface area (TPSA) is 61.6 Å². The number of nitrogens with zero attached hydrogens (tertiary/aromatic N) is 2. The molecular weight excluding hydrogens is 282 g/mol. The van der Waals surface area contributed by atoms with Crippen LogP contribution in [0.1, 0.15) is 11.1 Å². The Hall–Kier alpha value is -2.45. The van der Waals surface area contributed by atoms with Gasteiger partial charge in [-0.2, -0.15) is 5.26 Å². The molecule has 21 heavy (non-hydrogen) atoms. The predicted octanol–water partition coefficient (Wildman–Crippen LogP) is 3.51. The van der Waals surface area contributed by atoms with E-state index in [1.165, 1.54) is 4.68 Å². The molecule has 0 aliphatic heterocycles. The Labute approximate surface area is 126 Å². The third-order valence-corrected chi connectivity index (χ3v) is 4.26. The van der Waals surface area contributed by atoms with Crippen molar-refractivity contribution in [3.05, 3.63) is 58.0 Å². The molecule has 0 amide bonds. The molecule has 0 spiro atoms. The molecule has 0 atom stereocenters. The SMILES string of the molecule is Cc1cc2ccccc2c(-n2[nH]cc(SC#N)c2=O)c1C. The van der Waals surface area contributed by atoms with Crippen molar-refractivity contribution in [3.8, 4) is 11.1 Å². The number of rotatable bonds is 2. The smallest absolute Gasteiger partial charge is 0.285 e. The van der Waals surface area contributed by atoms with E-state index in [0.29, 0.717) is 4.90 Å². The van der Waals surface area contributed by atoms with E-state index in [9.17, 15) is 4.79 Å². The first-order valence-electron chi connectivity index (χ1n) is 6.49. The van der Waals surface area contributed by atoms with Crippen LogP contribution < -0.4 is 5.56 Å². The highest BCUT2D eigenvalue weighted by atomic mass is 32.2. The molecule has 0 unspecified atom stereocenters. The number of benzene rings is 2. The van der Waals surface area contributed by atoms with Gasteiger partial charge in [-0.15, -0.1) is 0 Å². The van der Waals surface area contributed by atoms with Gasteiger partial charge < -0.3 is 0 Å². The molecule has 0 saturated carbocycles. The Morgan fingerprint density at radius 3 is 2.81 bits per heavy atom. The zero-order valence-corrected chi connectivity index (χ0v) is 12.5. The number of aromatic amines is 1.